The minimum Gasteiger partial charge on any atom is -0.357 e. The summed E-state index contributed by atoms with van der Waals surface area (Å²) >= 11 is 0. The first-order valence-corrected chi connectivity index (χ1v) is 9.53. The van der Waals surface area contributed by atoms with Crippen LogP contribution in [-0.4, -0.2) is 61.1 Å². The number of aromatic nitrogens is 3. The molecule has 1 heterocycles. The average molecular weight is 345 g/mol. The quantitative estimate of drug-likeness (QED) is 0.295. The van der Waals surface area contributed by atoms with Crippen LogP contribution < -0.4 is 15.4 Å². The Morgan fingerprint density at radius 3 is 2.70 bits per heavy atom. The van der Waals surface area contributed by atoms with Gasteiger partial charge in [0, 0.05) is 32.6 Å². The fraction of sp³-hybridized carbons (Fsp3) is 0.769. The van der Waals surface area contributed by atoms with Gasteiger partial charge in [-0.1, -0.05) is 6.92 Å². The van der Waals surface area contributed by atoms with Gasteiger partial charge in [0.25, 0.3) is 0 Å². The molecule has 132 valence electrons. The highest BCUT2D eigenvalue weighted by Gasteiger charge is 2.05. The van der Waals surface area contributed by atoms with Gasteiger partial charge in [-0.3, -0.25) is 4.99 Å². The highest BCUT2D eigenvalue weighted by Crippen LogP contribution is 1.94. The van der Waals surface area contributed by atoms with Crippen molar-refractivity contribution >= 4 is 16.0 Å². The summed E-state index contributed by atoms with van der Waals surface area (Å²) in [5, 5.41) is 14.3. The van der Waals surface area contributed by atoms with Gasteiger partial charge >= 0.3 is 0 Å². The van der Waals surface area contributed by atoms with Crippen LogP contribution in [-0.2, 0) is 23.0 Å². The molecule has 0 aliphatic rings. The minimum atomic E-state index is -3.16. The van der Waals surface area contributed by atoms with Gasteiger partial charge in [-0.2, -0.15) is 0 Å². The number of nitrogens with zero attached hydrogens (tertiary/aromatic N) is 4. The van der Waals surface area contributed by atoms with E-state index >= 15 is 0 Å². The van der Waals surface area contributed by atoms with Crippen molar-refractivity contribution in [1.29, 1.82) is 0 Å². The Labute approximate surface area is 138 Å². The Balaban J connectivity index is 2.40. The van der Waals surface area contributed by atoms with E-state index in [4.69, 9.17) is 0 Å². The number of aryl methyl sites for hydroxylation is 1. The molecule has 0 unspecified atom stereocenters. The van der Waals surface area contributed by atoms with Crippen molar-refractivity contribution in [3.8, 4) is 0 Å². The number of hydrogen-bond acceptors (Lipinski definition) is 5. The first-order chi connectivity index (χ1) is 11.0. The molecular weight excluding hydrogens is 318 g/mol. The van der Waals surface area contributed by atoms with Crippen LogP contribution in [0, 0.1) is 0 Å². The van der Waals surface area contributed by atoms with Crippen molar-refractivity contribution in [2.75, 3.05) is 31.9 Å². The molecular formula is C13H27N7O2S. The lowest BCUT2D eigenvalue weighted by atomic mass is 10.4. The molecule has 0 amide bonds. The first-order valence-electron chi connectivity index (χ1n) is 7.88. The van der Waals surface area contributed by atoms with Gasteiger partial charge in [0.05, 0.1) is 12.3 Å². The fourth-order valence-corrected chi connectivity index (χ4v) is 2.45. The lowest BCUT2D eigenvalue weighted by molar-refractivity contribution is 0.583. The van der Waals surface area contributed by atoms with Crippen LogP contribution in [0.2, 0.25) is 0 Å². The Morgan fingerprint density at radius 2 is 2.04 bits per heavy atom. The van der Waals surface area contributed by atoms with E-state index in [0.29, 0.717) is 19.0 Å². The second-order valence-electron chi connectivity index (χ2n) is 4.78. The molecule has 0 fully saturated rings. The fourth-order valence-electron chi connectivity index (χ4n) is 1.85. The summed E-state index contributed by atoms with van der Waals surface area (Å²) in [6, 6.07) is 0. The summed E-state index contributed by atoms with van der Waals surface area (Å²) in [6.45, 7) is 8.44. The molecule has 10 heteroatoms. The molecule has 0 bridgehead atoms. The van der Waals surface area contributed by atoms with Gasteiger partial charge < -0.3 is 15.2 Å². The second-order valence-corrected chi connectivity index (χ2v) is 6.87. The Morgan fingerprint density at radius 1 is 1.26 bits per heavy atom. The smallest absolute Gasteiger partial charge is 0.211 e. The Kier molecular flexibility index (Phi) is 8.56. The number of guanidine groups is 1. The van der Waals surface area contributed by atoms with Crippen molar-refractivity contribution in [2.45, 2.75) is 33.7 Å². The molecule has 1 aromatic rings. The van der Waals surface area contributed by atoms with Crippen molar-refractivity contribution in [1.82, 2.24) is 30.1 Å². The molecule has 0 radical (unpaired) electrons. The van der Waals surface area contributed by atoms with Gasteiger partial charge in [-0.15, -0.1) is 10.2 Å². The molecule has 1 rings (SSSR count). The molecule has 0 saturated heterocycles. The summed E-state index contributed by atoms with van der Waals surface area (Å²) in [6.07, 6.45) is 2.55. The summed E-state index contributed by atoms with van der Waals surface area (Å²) in [7, 11) is -3.16. The molecule has 1 aromatic heterocycles. The molecule has 0 aliphatic carbocycles. The third-order valence-electron chi connectivity index (χ3n) is 3.09. The van der Waals surface area contributed by atoms with E-state index < -0.39 is 10.0 Å². The average Bonchev–Trinajstić information content (AvgIpc) is 2.99. The number of aliphatic imine (C=N–C) groups is 1. The normalized spacial score (nSPS) is 12.4. The van der Waals surface area contributed by atoms with Gasteiger partial charge in [0.1, 0.15) is 12.2 Å². The van der Waals surface area contributed by atoms with E-state index in [1.165, 1.54) is 0 Å². The van der Waals surface area contributed by atoms with Gasteiger partial charge in [-0.25, -0.2) is 13.1 Å². The molecule has 0 aromatic carbocycles. The highest BCUT2D eigenvalue weighted by molar-refractivity contribution is 7.89. The van der Waals surface area contributed by atoms with E-state index in [1.807, 2.05) is 18.4 Å². The van der Waals surface area contributed by atoms with Gasteiger partial charge in [0.15, 0.2) is 5.96 Å². The van der Waals surface area contributed by atoms with E-state index in [0.717, 1.165) is 25.3 Å². The van der Waals surface area contributed by atoms with E-state index in [2.05, 4.69) is 30.5 Å². The van der Waals surface area contributed by atoms with Crippen LogP contribution in [0.15, 0.2) is 11.3 Å². The summed E-state index contributed by atoms with van der Waals surface area (Å²) < 4.78 is 27.1. The third-order valence-corrected chi connectivity index (χ3v) is 4.49. The molecule has 0 aliphatic heterocycles. The molecule has 0 spiro atoms. The van der Waals surface area contributed by atoms with Crippen LogP contribution >= 0.6 is 0 Å². The van der Waals surface area contributed by atoms with E-state index in [1.54, 1.807) is 13.3 Å². The molecule has 3 N–H and O–H groups in total. The highest BCUT2D eigenvalue weighted by atomic mass is 32.2. The summed E-state index contributed by atoms with van der Waals surface area (Å²) in [5.74, 6) is 1.69. The van der Waals surface area contributed by atoms with Crippen LogP contribution in [0.3, 0.4) is 0 Å². The Hall–Kier alpha value is -1.68. The molecule has 0 saturated carbocycles. The third kappa shape index (κ3) is 7.42. The summed E-state index contributed by atoms with van der Waals surface area (Å²) in [4.78, 5) is 4.34. The predicted octanol–water partition coefficient (Wildman–Crippen LogP) is -0.665. The van der Waals surface area contributed by atoms with Crippen LogP contribution in [0.25, 0.3) is 0 Å². The SMILES string of the molecule is CCNC(=NCCNS(=O)(=O)CC)NCCn1cnnc1CC. The van der Waals surface area contributed by atoms with E-state index in [-0.39, 0.29) is 12.3 Å². The molecule has 0 atom stereocenters. The number of rotatable bonds is 10. The van der Waals surface area contributed by atoms with Crippen molar-refractivity contribution in [3.63, 3.8) is 0 Å². The second kappa shape index (κ2) is 10.2. The minimum absolute atomic E-state index is 0.0771. The maximum atomic E-state index is 11.3. The summed E-state index contributed by atoms with van der Waals surface area (Å²) in [5.41, 5.74) is 0. The zero-order valence-electron chi connectivity index (χ0n) is 14.0. The van der Waals surface area contributed by atoms with Crippen molar-refractivity contribution < 1.29 is 8.42 Å². The van der Waals surface area contributed by atoms with Crippen LogP contribution in [0.5, 0.6) is 0 Å². The van der Waals surface area contributed by atoms with E-state index in [9.17, 15) is 8.42 Å². The largest absolute Gasteiger partial charge is 0.357 e. The monoisotopic (exact) mass is 345 g/mol. The van der Waals surface area contributed by atoms with Gasteiger partial charge in [-0.05, 0) is 13.8 Å². The number of nitrogens with one attached hydrogen (secondary N) is 3. The number of hydrogen-bond donors (Lipinski definition) is 3. The standard InChI is InChI=1S/C13H27N7O2S/c1-4-12-19-17-11-20(12)10-9-16-13(14-5-2)15-7-8-18-23(21,22)6-3/h11,18H,4-10H2,1-3H3,(H2,14,15,16). The lowest BCUT2D eigenvalue weighted by Gasteiger charge is -2.12. The predicted molar refractivity (Wildman–Crippen MR) is 90.8 cm³/mol. The zero-order chi connectivity index (χ0) is 17.1. The van der Waals surface area contributed by atoms with Crippen molar-refractivity contribution in [3.05, 3.63) is 12.2 Å². The van der Waals surface area contributed by atoms with Crippen LogP contribution in [0.1, 0.15) is 26.6 Å². The topological polar surface area (TPSA) is 113 Å². The van der Waals surface area contributed by atoms with Crippen LogP contribution in [0.4, 0.5) is 0 Å². The Bertz CT molecular complexity index is 583. The maximum Gasteiger partial charge on any atom is 0.211 e. The van der Waals surface area contributed by atoms with Crippen molar-refractivity contribution in [2.24, 2.45) is 4.99 Å². The van der Waals surface area contributed by atoms with Gasteiger partial charge in [0.2, 0.25) is 10.0 Å². The zero-order valence-corrected chi connectivity index (χ0v) is 14.9. The maximum absolute atomic E-state index is 11.3. The first kappa shape index (κ1) is 19.4. The molecule has 9 nitrogen and oxygen atoms in total. The molecule has 23 heavy (non-hydrogen) atoms. The number of sulfonamides is 1. The lowest BCUT2D eigenvalue weighted by Crippen LogP contribution is -2.39.